The Kier molecular flexibility index (Phi) is 7.46. The van der Waals surface area contributed by atoms with E-state index in [1.807, 2.05) is 11.8 Å². The van der Waals surface area contributed by atoms with Gasteiger partial charge in [-0.3, -0.25) is 19.3 Å². The molecular weight excluding hydrogens is 404 g/mol. The van der Waals surface area contributed by atoms with Crippen molar-refractivity contribution in [1.82, 2.24) is 10.2 Å². The SMILES string of the molecule is CCNC(=O)c1cccc(NC(=O)CN2CCC(C(=O)c3cc(F)ccc3F)CC2)c1. The maximum atomic E-state index is 13.9. The lowest BCUT2D eigenvalue weighted by Gasteiger charge is -2.30. The number of nitrogens with zero attached hydrogens (tertiary/aromatic N) is 1. The Morgan fingerprint density at radius 1 is 1.06 bits per heavy atom. The highest BCUT2D eigenvalue weighted by Gasteiger charge is 2.28. The quantitative estimate of drug-likeness (QED) is 0.663. The summed E-state index contributed by atoms with van der Waals surface area (Å²) in [5.41, 5.74) is 0.770. The molecule has 0 aliphatic carbocycles. The van der Waals surface area contributed by atoms with E-state index in [1.165, 1.54) is 0 Å². The van der Waals surface area contributed by atoms with Crippen LogP contribution in [0.1, 0.15) is 40.5 Å². The number of halogens is 2. The molecule has 2 aromatic carbocycles. The number of amides is 2. The van der Waals surface area contributed by atoms with Crippen molar-refractivity contribution >= 4 is 23.3 Å². The number of rotatable bonds is 7. The summed E-state index contributed by atoms with van der Waals surface area (Å²) in [5, 5.41) is 5.49. The zero-order chi connectivity index (χ0) is 22.4. The highest BCUT2D eigenvalue weighted by atomic mass is 19.1. The number of nitrogens with one attached hydrogen (secondary N) is 2. The fourth-order valence-electron chi connectivity index (χ4n) is 3.66. The Morgan fingerprint density at radius 2 is 1.81 bits per heavy atom. The molecule has 2 aromatic rings. The molecule has 0 spiro atoms. The standard InChI is InChI=1S/C23H25F2N3O3/c1-2-26-23(31)16-4-3-5-18(12-16)27-21(29)14-28-10-8-15(9-11-28)22(30)19-13-17(24)6-7-20(19)25/h3-7,12-13,15H,2,8-11,14H2,1H3,(H,26,31)(H,27,29). The van der Waals surface area contributed by atoms with E-state index in [4.69, 9.17) is 0 Å². The molecule has 164 valence electrons. The van der Waals surface area contributed by atoms with Gasteiger partial charge in [0.15, 0.2) is 5.78 Å². The van der Waals surface area contributed by atoms with Crippen molar-refractivity contribution in [2.24, 2.45) is 5.92 Å². The minimum atomic E-state index is -0.719. The molecule has 1 aliphatic heterocycles. The molecule has 31 heavy (non-hydrogen) atoms. The molecule has 1 fully saturated rings. The minimum Gasteiger partial charge on any atom is -0.352 e. The molecule has 2 N–H and O–H groups in total. The molecule has 3 rings (SSSR count). The number of hydrogen-bond acceptors (Lipinski definition) is 4. The maximum Gasteiger partial charge on any atom is 0.251 e. The van der Waals surface area contributed by atoms with Gasteiger partial charge in [0.25, 0.3) is 5.91 Å². The first-order valence-electron chi connectivity index (χ1n) is 10.3. The van der Waals surface area contributed by atoms with E-state index in [1.54, 1.807) is 24.3 Å². The van der Waals surface area contributed by atoms with Crippen LogP contribution in [0.25, 0.3) is 0 Å². The van der Waals surface area contributed by atoms with Gasteiger partial charge in [-0.1, -0.05) is 6.07 Å². The van der Waals surface area contributed by atoms with Gasteiger partial charge in [-0.2, -0.15) is 0 Å². The van der Waals surface area contributed by atoms with E-state index in [-0.39, 0.29) is 23.9 Å². The molecule has 1 saturated heterocycles. The fourth-order valence-corrected chi connectivity index (χ4v) is 3.66. The lowest BCUT2D eigenvalue weighted by atomic mass is 9.88. The Balaban J connectivity index is 1.51. The summed E-state index contributed by atoms with van der Waals surface area (Å²) in [7, 11) is 0. The molecule has 0 unspecified atom stereocenters. The third-order valence-electron chi connectivity index (χ3n) is 5.27. The van der Waals surface area contributed by atoms with Gasteiger partial charge >= 0.3 is 0 Å². The average molecular weight is 429 g/mol. The van der Waals surface area contributed by atoms with Crippen molar-refractivity contribution in [3.63, 3.8) is 0 Å². The first-order valence-corrected chi connectivity index (χ1v) is 10.3. The second kappa shape index (κ2) is 10.3. The van der Waals surface area contributed by atoms with Crippen LogP contribution in [-0.2, 0) is 4.79 Å². The van der Waals surface area contributed by atoms with Gasteiger partial charge < -0.3 is 10.6 Å². The van der Waals surface area contributed by atoms with Gasteiger partial charge in [0, 0.05) is 23.7 Å². The molecule has 1 heterocycles. The van der Waals surface area contributed by atoms with Crippen LogP contribution in [0.15, 0.2) is 42.5 Å². The predicted octanol–water partition coefficient (Wildman–Crippen LogP) is 3.25. The van der Waals surface area contributed by atoms with Crippen LogP contribution in [0.5, 0.6) is 0 Å². The number of anilines is 1. The van der Waals surface area contributed by atoms with Crippen molar-refractivity contribution < 1.29 is 23.2 Å². The molecular formula is C23H25F2N3O3. The smallest absolute Gasteiger partial charge is 0.251 e. The second-order valence-electron chi connectivity index (χ2n) is 7.53. The molecule has 6 nitrogen and oxygen atoms in total. The third-order valence-corrected chi connectivity index (χ3v) is 5.27. The summed E-state index contributed by atoms with van der Waals surface area (Å²) >= 11 is 0. The third kappa shape index (κ3) is 5.95. The van der Waals surface area contributed by atoms with E-state index in [0.717, 1.165) is 18.2 Å². The van der Waals surface area contributed by atoms with Crippen molar-refractivity contribution in [1.29, 1.82) is 0 Å². The van der Waals surface area contributed by atoms with Crippen LogP contribution >= 0.6 is 0 Å². The zero-order valence-electron chi connectivity index (χ0n) is 17.3. The fraction of sp³-hybridized carbons (Fsp3) is 0.348. The molecule has 1 aliphatic rings. The zero-order valence-corrected chi connectivity index (χ0v) is 17.3. The summed E-state index contributed by atoms with van der Waals surface area (Å²) < 4.78 is 27.2. The molecule has 0 radical (unpaired) electrons. The highest BCUT2D eigenvalue weighted by Crippen LogP contribution is 2.23. The number of likely N-dealkylation sites (tertiary alicyclic amines) is 1. The van der Waals surface area contributed by atoms with E-state index < -0.39 is 23.3 Å². The maximum absolute atomic E-state index is 13.9. The average Bonchev–Trinajstić information content (AvgIpc) is 2.76. The number of benzene rings is 2. The lowest BCUT2D eigenvalue weighted by molar-refractivity contribution is -0.117. The van der Waals surface area contributed by atoms with Gasteiger partial charge in [0.1, 0.15) is 11.6 Å². The van der Waals surface area contributed by atoms with Gasteiger partial charge in [-0.15, -0.1) is 0 Å². The van der Waals surface area contributed by atoms with E-state index in [0.29, 0.717) is 43.7 Å². The van der Waals surface area contributed by atoms with Crippen LogP contribution in [0, 0.1) is 17.6 Å². The second-order valence-corrected chi connectivity index (χ2v) is 7.53. The normalized spacial score (nSPS) is 14.8. The minimum absolute atomic E-state index is 0.140. The Hall–Kier alpha value is -3.13. The van der Waals surface area contributed by atoms with Crippen molar-refractivity contribution in [2.45, 2.75) is 19.8 Å². The van der Waals surface area contributed by atoms with Gasteiger partial charge in [0.05, 0.1) is 12.1 Å². The van der Waals surface area contributed by atoms with E-state index in [9.17, 15) is 23.2 Å². The number of hydrogen-bond donors (Lipinski definition) is 2. The van der Waals surface area contributed by atoms with Crippen molar-refractivity contribution in [2.75, 3.05) is 31.5 Å². The van der Waals surface area contributed by atoms with Crippen LogP contribution < -0.4 is 10.6 Å². The summed E-state index contributed by atoms with van der Waals surface area (Å²) in [6.07, 6.45) is 0.934. The molecule has 2 amide bonds. The first-order chi connectivity index (χ1) is 14.9. The number of carbonyl (C=O) groups is 3. The van der Waals surface area contributed by atoms with Crippen LogP contribution in [0.2, 0.25) is 0 Å². The van der Waals surface area contributed by atoms with Crippen LogP contribution in [0.4, 0.5) is 14.5 Å². The lowest BCUT2D eigenvalue weighted by Crippen LogP contribution is -2.40. The molecule has 8 heteroatoms. The summed E-state index contributed by atoms with van der Waals surface area (Å²) in [6.45, 7) is 3.48. The molecule has 0 saturated carbocycles. The number of carbonyl (C=O) groups excluding carboxylic acids is 3. The molecule has 0 aromatic heterocycles. The highest BCUT2D eigenvalue weighted by molar-refractivity contribution is 5.98. The van der Waals surface area contributed by atoms with Crippen LogP contribution in [0.3, 0.4) is 0 Å². The first kappa shape index (κ1) is 22.6. The summed E-state index contributed by atoms with van der Waals surface area (Å²) in [6, 6.07) is 9.57. The van der Waals surface area contributed by atoms with Gasteiger partial charge in [-0.25, -0.2) is 8.78 Å². The Morgan fingerprint density at radius 3 is 2.52 bits per heavy atom. The van der Waals surface area contributed by atoms with Crippen LogP contribution in [-0.4, -0.2) is 48.7 Å². The Bertz CT molecular complexity index is 972. The van der Waals surface area contributed by atoms with Crippen molar-refractivity contribution in [3.8, 4) is 0 Å². The topological polar surface area (TPSA) is 78.5 Å². The number of piperidine rings is 1. The molecule has 0 atom stereocenters. The van der Waals surface area contributed by atoms with Gasteiger partial charge in [-0.05, 0) is 69.3 Å². The monoisotopic (exact) mass is 429 g/mol. The van der Waals surface area contributed by atoms with Gasteiger partial charge in [0.2, 0.25) is 5.91 Å². The summed E-state index contributed by atoms with van der Waals surface area (Å²) in [4.78, 5) is 38.8. The molecule has 0 bridgehead atoms. The number of ketones is 1. The summed E-state index contributed by atoms with van der Waals surface area (Å²) in [5.74, 6) is -2.60. The largest absolute Gasteiger partial charge is 0.352 e. The Labute approximate surface area is 179 Å². The van der Waals surface area contributed by atoms with E-state index in [2.05, 4.69) is 10.6 Å². The predicted molar refractivity (Wildman–Crippen MR) is 113 cm³/mol. The van der Waals surface area contributed by atoms with E-state index >= 15 is 0 Å². The van der Waals surface area contributed by atoms with Crippen molar-refractivity contribution in [3.05, 3.63) is 65.2 Å². The number of Topliss-reactive ketones (excluding diaryl/α,β-unsaturated/α-hetero) is 1.